The summed E-state index contributed by atoms with van der Waals surface area (Å²) >= 11 is 5.87. The van der Waals surface area contributed by atoms with Crippen LogP contribution in [0.1, 0.15) is 16.7 Å². The van der Waals surface area contributed by atoms with Gasteiger partial charge >= 0.3 is 11.8 Å². The highest BCUT2D eigenvalue weighted by Gasteiger charge is 2.13. The third kappa shape index (κ3) is 6.18. The van der Waals surface area contributed by atoms with E-state index in [0.29, 0.717) is 23.1 Å². The highest BCUT2D eigenvalue weighted by atomic mass is 35.5. The molecule has 0 aliphatic rings. The van der Waals surface area contributed by atoms with Gasteiger partial charge in [-0.05, 0) is 66.1 Å². The molecule has 0 aliphatic heterocycles. The Morgan fingerprint density at radius 2 is 1.67 bits per heavy atom. The molecule has 0 heterocycles. The van der Waals surface area contributed by atoms with Crippen LogP contribution in [0.4, 0.5) is 5.69 Å². The van der Waals surface area contributed by atoms with Crippen molar-refractivity contribution in [3.8, 4) is 5.75 Å². The van der Waals surface area contributed by atoms with Gasteiger partial charge < -0.3 is 10.1 Å². The van der Waals surface area contributed by atoms with E-state index >= 15 is 0 Å². The summed E-state index contributed by atoms with van der Waals surface area (Å²) in [5, 5.41) is 7.05. The van der Waals surface area contributed by atoms with Gasteiger partial charge in [0.2, 0.25) is 0 Å². The first kappa shape index (κ1) is 21.1. The van der Waals surface area contributed by atoms with Crippen molar-refractivity contribution in [1.82, 2.24) is 5.43 Å². The third-order valence-corrected chi connectivity index (χ3v) is 4.43. The van der Waals surface area contributed by atoms with E-state index in [0.717, 1.165) is 16.7 Å². The zero-order valence-electron chi connectivity index (χ0n) is 16.3. The number of halogens is 1. The number of anilines is 1. The molecule has 0 aromatic heterocycles. The fraction of sp³-hybridized carbons (Fsp3) is 0.0870. The number of carbonyl (C=O) groups is 2. The fourth-order valence-electron chi connectivity index (χ4n) is 2.51. The minimum absolute atomic E-state index is 0.427. The molecule has 2 N–H and O–H groups in total. The Kier molecular flexibility index (Phi) is 7.19. The van der Waals surface area contributed by atoms with Crippen LogP contribution in [0.25, 0.3) is 0 Å². The molecule has 7 heteroatoms. The van der Waals surface area contributed by atoms with Crippen LogP contribution >= 0.6 is 11.6 Å². The molecule has 0 fully saturated rings. The van der Waals surface area contributed by atoms with E-state index < -0.39 is 11.8 Å². The van der Waals surface area contributed by atoms with Crippen molar-refractivity contribution < 1.29 is 14.3 Å². The summed E-state index contributed by atoms with van der Waals surface area (Å²) in [7, 11) is 0. The first-order valence-corrected chi connectivity index (χ1v) is 9.56. The van der Waals surface area contributed by atoms with E-state index in [2.05, 4.69) is 15.8 Å². The zero-order chi connectivity index (χ0) is 21.3. The van der Waals surface area contributed by atoms with Crippen LogP contribution in [0, 0.1) is 6.92 Å². The van der Waals surface area contributed by atoms with Crippen LogP contribution in [-0.2, 0) is 16.2 Å². The lowest BCUT2D eigenvalue weighted by atomic mass is 10.2. The summed E-state index contributed by atoms with van der Waals surface area (Å²) in [5.41, 5.74) is 5.41. The SMILES string of the molecule is Cc1ccccc1NC(=O)C(=O)N/N=C/c1ccc(OCc2ccc(Cl)cc2)cc1. The first-order chi connectivity index (χ1) is 14.5. The van der Waals surface area contributed by atoms with Crippen LogP contribution in [0.2, 0.25) is 5.02 Å². The van der Waals surface area contributed by atoms with Gasteiger partial charge in [-0.25, -0.2) is 5.43 Å². The Hall–Kier alpha value is -3.64. The number of ether oxygens (including phenoxy) is 1. The van der Waals surface area contributed by atoms with E-state index in [-0.39, 0.29) is 0 Å². The molecule has 0 atom stereocenters. The second-order valence-electron chi connectivity index (χ2n) is 6.45. The Labute approximate surface area is 179 Å². The van der Waals surface area contributed by atoms with E-state index in [9.17, 15) is 9.59 Å². The van der Waals surface area contributed by atoms with Gasteiger partial charge in [-0.2, -0.15) is 5.10 Å². The highest BCUT2D eigenvalue weighted by Crippen LogP contribution is 2.15. The van der Waals surface area contributed by atoms with Gasteiger partial charge in [-0.15, -0.1) is 0 Å². The zero-order valence-corrected chi connectivity index (χ0v) is 17.0. The molecule has 3 rings (SSSR count). The topological polar surface area (TPSA) is 79.8 Å². The first-order valence-electron chi connectivity index (χ1n) is 9.18. The molecule has 0 unspecified atom stereocenters. The largest absolute Gasteiger partial charge is 0.489 e. The number of hydrazone groups is 1. The summed E-state index contributed by atoms with van der Waals surface area (Å²) < 4.78 is 5.72. The lowest BCUT2D eigenvalue weighted by Gasteiger charge is -2.07. The maximum absolute atomic E-state index is 11.9. The predicted molar refractivity (Wildman–Crippen MR) is 118 cm³/mol. The molecule has 0 spiro atoms. The Balaban J connectivity index is 1.47. The van der Waals surface area contributed by atoms with Crippen LogP contribution in [0.5, 0.6) is 5.75 Å². The van der Waals surface area contributed by atoms with Crippen molar-refractivity contribution >= 4 is 35.3 Å². The average Bonchev–Trinajstić information content (AvgIpc) is 2.76. The van der Waals surface area contributed by atoms with E-state index in [1.165, 1.54) is 6.21 Å². The molecular formula is C23H20ClN3O3. The van der Waals surface area contributed by atoms with E-state index in [1.54, 1.807) is 36.4 Å². The number of carbonyl (C=O) groups excluding carboxylic acids is 2. The number of amides is 2. The fourth-order valence-corrected chi connectivity index (χ4v) is 2.63. The molecule has 6 nitrogen and oxygen atoms in total. The lowest BCUT2D eigenvalue weighted by Crippen LogP contribution is -2.32. The van der Waals surface area contributed by atoms with Crippen molar-refractivity contribution in [2.24, 2.45) is 5.10 Å². The molecule has 152 valence electrons. The second kappa shape index (κ2) is 10.2. The number of nitrogens with zero attached hydrogens (tertiary/aromatic N) is 1. The maximum atomic E-state index is 11.9. The molecule has 2 amide bonds. The molecule has 3 aromatic carbocycles. The van der Waals surface area contributed by atoms with Gasteiger partial charge in [0, 0.05) is 10.7 Å². The highest BCUT2D eigenvalue weighted by molar-refractivity contribution is 6.39. The summed E-state index contributed by atoms with van der Waals surface area (Å²) in [6.45, 7) is 2.27. The third-order valence-electron chi connectivity index (χ3n) is 4.18. The minimum atomic E-state index is -0.850. The standard InChI is InChI=1S/C23H20ClN3O3/c1-16-4-2-3-5-21(16)26-22(28)23(29)27-25-14-17-8-12-20(13-9-17)30-15-18-6-10-19(24)11-7-18/h2-14H,15H2,1H3,(H,26,28)(H,27,29)/b25-14+. The maximum Gasteiger partial charge on any atom is 0.329 e. The average molecular weight is 422 g/mol. The number of para-hydroxylation sites is 1. The second-order valence-corrected chi connectivity index (χ2v) is 6.89. The van der Waals surface area contributed by atoms with E-state index in [4.69, 9.17) is 16.3 Å². The van der Waals surface area contributed by atoms with Crippen molar-refractivity contribution in [1.29, 1.82) is 0 Å². The lowest BCUT2D eigenvalue weighted by molar-refractivity contribution is -0.136. The summed E-state index contributed by atoms with van der Waals surface area (Å²) in [6, 6.07) is 21.8. The molecule has 3 aromatic rings. The van der Waals surface area contributed by atoms with E-state index in [1.807, 2.05) is 43.3 Å². The quantitative estimate of drug-likeness (QED) is 0.353. The van der Waals surface area contributed by atoms with Crippen LogP contribution in [-0.4, -0.2) is 18.0 Å². The normalized spacial score (nSPS) is 10.6. The van der Waals surface area contributed by atoms with Gasteiger partial charge in [0.15, 0.2) is 0 Å². The number of rotatable bonds is 6. The van der Waals surface area contributed by atoms with Crippen LogP contribution in [0.3, 0.4) is 0 Å². The van der Waals surface area contributed by atoms with Gasteiger partial charge in [0.05, 0.1) is 6.21 Å². The monoisotopic (exact) mass is 421 g/mol. The van der Waals surface area contributed by atoms with Crippen molar-refractivity contribution in [3.05, 3.63) is 94.5 Å². The Morgan fingerprint density at radius 3 is 2.37 bits per heavy atom. The summed E-state index contributed by atoms with van der Waals surface area (Å²) in [5.74, 6) is -0.937. The minimum Gasteiger partial charge on any atom is -0.489 e. The smallest absolute Gasteiger partial charge is 0.329 e. The van der Waals surface area contributed by atoms with Crippen LogP contribution < -0.4 is 15.5 Å². The molecular weight excluding hydrogens is 402 g/mol. The number of hydrogen-bond donors (Lipinski definition) is 2. The predicted octanol–water partition coefficient (Wildman–Crippen LogP) is 4.32. The molecule has 0 saturated carbocycles. The number of hydrogen-bond acceptors (Lipinski definition) is 4. The summed E-state index contributed by atoms with van der Waals surface area (Å²) in [4.78, 5) is 23.8. The number of benzene rings is 3. The van der Waals surface area contributed by atoms with Crippen molar-refractivity contribution in [3.63, 3.8) is 0 Å². The molecule has 0 bridgehead atoms. The summed E-state index contributed by atoms with van der Waals surface area (Å²) in [6.07, 6.45) is 1.45. The van der Waals surface area contributed by atoms with Crippen molar-refractivity contribution in [2.45, 2.75) is 13.5 Å². The number of nitrogens with one attached hydrogen (secondary N) is 2. The van der Waals surface area contributed by atoms with Gasteiger partial charge in [0.1, 0.15) is 12.4 Å². The van der Waals surface area contributed by atoms with Gasteiger partial charge in [-0.1, -0.05) is 41.9 Å². The number of aryl methyl sites for hydroxylation is 1. The van der Waals surface area contributed by atoms with Crippen LogP contribution in [0.15, 0.2) is 77.9 Å². The van der Waals surface area contributed by atoms with Gasteiger partial charge in [0.25, 0.3) is 0 Å². The molecule has 0 saturated heterocycles. The Morgan fingerprint density at radius 1 is 0.967 bits per heavy atom. The Bertz CT molecular complexity index is 1050. The molecule has 0 radical (unpaired) electrons. The van der Waals surface area contributed by atoms with Crippen molar-refractivity contribution in [2.75, 3.05) is 5.32 Å². The van der Waals surface area contributed by atoms with Gasteiger partial charge in [-0.3, -0.25) is 9.59 Å². The molecule has 0 aliphatic carbocycles. The molecule has 30 heavy (non-hydrogen) atoms.